The summed E-state index contributed by atoms with van der Waals surface area (Å²) in [5.74, 6) is -0.938. The van der Waals surface area contributed by atoms with Gasteiger partial charge < -0.3 is 15.5 Å². The smallest absolute Gasteiger partial charge is 0.285 e. The number of carboxylic acid groups (broad SMARTS) is 1. The molecule has 1 aliphatic rings. The molecule has 0 aliphatic carbocycles. The Kier molecular flexibility index (Phi) is 5.04. The number of hydrogen-bond acceptors (Lipinski definition) is 2. The molecule has 0 bridgehead atoms. The van der Waals surface area contributed by atoms with Gasteiger partial charge >= 0.3 is 0 Å². The van der Waals surface area contributed by atoms with Gasteiger partial charge in [0.2, 0.25) is 0 Å². The number of aliphatic hydroxyl groups is 1. The van der Waals surface area contributed by atoms with Crippen molar-refractivity contribution in [1.29, 1.82) is 0 Å². The first-order chi connectivity index (χ1) is 4.20. The molecule has 2 N–H and O–H groups in total. The summed E-state index contributed by atoms with van der Waals surface area (Å²) in [6.45, 7) is 0.275. The van der Waals surface area contributed by atoms with Crippen LogP contribution in [0.2, 0.25) is 0 Å². The Morgan fingerprint density at radius 3 is 2.40 bits per heavy atom. The molecule has 0 amide bonds. The molecule has 5 heteroatoms. The summed E-state index contributed by atoms with van der Waals surface area (Å²) >= 11 is 0. The predicted molar refractivity (Wildman–Crippen MR) is 30.3 cm³/mol. The van der Waals surface area contributed by atoms with Crippen LogP contribution in [0.25, 0.3) is 5.32 Å². The van der Waals surface area contributed by atoms with Crippen molar-refractivity contribution in [3.63, 3.8) is 0 Å². The number of hydrogen-bond donors (Lipinski definition) is 2. The molecule has 55 valence electrons. The number of rotatable bonds is 1. The average molecular weight is 357 g/mol. The largest absolute Gasteiger partial charge is 0.648 e. The first-order valence-electron chi connectivity index (χ1n) is 2.77. The Morgan fingerprint density at radius 2 is 2.20 bits per heavy atom. The van der Waals surface area contributed by atoms with Crippen LogP contribution in [0.4, 0.5) is 0 Å². The SMILES string of the molecule is O=C(O)[C@@H]1CC(O)C[N-]1.[Ac]. The second-order valence-corrected chi connectivity index (χ2v) is 2.11. The first-order valence-corrected chi connectivity index (χ1v) is 2.77. The van der Waals surface area contributed by atoms with Gasteiger partial charge in [-0.15, -0.1) is 6.54 Å². The van der Waals surface area contributed by atoms with Crippen molar-refractivity contribution in [2.45, 2.75) is 18.6 Å². The van der Waals surface area contributed by atoms with Crippen molar-refractivity contribution in [1.82, 2.24) is 0 Å². The Balaban J connectivity index is 0.000000810. The molecule has 1 heterocycles. The van der Waals surface area contributed by atoms with E-state index in [4.69, 9.17) is 10.2 Å². The molecule has 1 saturated heterocycles. The van der Waals surface area contributed by atoms with E-state index in [-0.39, 0.29) is 57.0 Å². The van der Waals surface area contributed by atoms with Gasteiger partial charge in [-0.2, -0.15) is 0 Å². The van der Waals surface area contributed by atoms with E-state index in [1.165, 1.54) is 0 Å². The number of nitrogens with zero attached hydrogens (tertiary/aromatic N) is 1. The minimum Gasteiger partial charge on any atom is -0.648 e. The molecule has 1 unspecified atom stereocenters. The van der Waals surface area contributed by atoms with Crippen LogP contribution in [0.15, 0.2) is 0 Å². The summed E-state index contributed by atoms with van der Waals surface area (Å²) in [4.78, 5) is 10.1. The van der Waals surface area contributed by atoms with Crippen molar-refractivity contribution in [2.75, 3.05) is 6.54 Å². The second kappa shape index (κ2) is 4.66. The summed E-state index contributed by atoms with van der Waals surface area (Å²) < 4.78 is 0. The molecule has 0 saturated carbocycles. The monoisotopic (exact) mass is 357 g/mol. The molecule has 1 aliphatic heterocycles. The van der Waals surface area contributed by atoms with E-state index >= 15 is 0 Å². The molecule has 1 fully saturated rings. The van der Waals surface area contributed by atoms with Gasteiger partial charge in [-0.05, 0) is 12.5 Å². The van der Waals surface area contributed by atoms with Gasteiger partial charge in [0.15, 0.2) is 0 Å². The topological polar surface area (TPSA) is 71.6 Å². The Bertz CT molecular complexity index is 130. The van der Waals surface area contributed by atoms with E-state index in [0.29, 0.717) is 0 Å². The Labute approximate surface area is 94.5 Å². The Hall–Kier alpha value is 0.832. The molecule has 4 nitrogen and oxygen atoms in total. The third kappa shape index (κ3) is 2.83. The van der Waals surface area contributed by atoms with E-state index in [1.807, 2.05) is 0 Å². The zero-order valence-corrected chi connectivity index (χ0v) is 10.1. The van der Waals surface area contributed by atoms with E-state index < -0.39 is 18.1 Å². The van der Waals surface area contributed by atoms with E-state index in [0.717, 1.165) is 0 Å². The van der Waals surface area contributed by atoms with Crippen LogP contribution < -0.4 is 0 Å². The summed E-state index contributed by atoms with van der Waals surface area (Å²) in [7, 11) is 0. The molecule has 2 atom stereocenters. The van der Waals surface area contributed by atoms with Gasteiger partial charge in [0.25, 0.3) is 5.97 Å². The van der Waals surface area contributed by atoms with Crippen LogP contribution in [0, 0.1) is 44.1 Å². The predicted octanol–water partition coefficient (Wildman–Crippen LogP) is -0.422. The first kappa shape index (κ1) is 10.8. The fraction of sp³-hybridized carbons (Fsp3) is 0.800. The fourth-order valence-electron chi connectivity index (χ4n) is 0.835. The van der Waals surface area contributed by atoms with Crippen molar-refractivity contribution >= 4 is 5.97 Å². The molecule has 10 heavy (non-hydrogen) atoms. The van der Waals surface area contributed by atoms with Crippen LogP contribution in [-0.2, 0) is 4.79 Å². The summed E-state index contributed by atoms with van der Waals surface area (Å²) in [6.07, 6.45) is -0.263. The van der Waals surface area contributed by atoms with Crippen molar-refractivity contribution in [2.24, 2.45) is 0 Å². The second-order valence-electron chi connectivity index (χ2n) is 2.11. The van der Waals surface area contributed by atoms with E-state index in [9.17, 15) is 4.79 Å². The summed E-state index contributed by atoms with van der Waals surface area (Å²) in [5.41, 5.74) is 0. The van der Waals surface area contributed by atoms with Gasteiger partial charge in [0.1, 0.15) is 0 Å². The molecule has 1 radical (unpaired) electrons. The summed E-state index contributed by atoms with van der Waals surface area (Å²) in [6, 6.07) is -0.667. The molecule has 1 rings (SSSR count). The molecule has 0 spiro atoms. The number of carboxylic acids is 1. The molecule has 0 aromatic carbocycles. The minimum atomic E-state index is -0.938. The normalized spacial score (nSPS) is 31.3. The molecular weight excluding hydrogens is 349 g/mol. The van der Waals surface area contributed by atoms with Crippen molar-refractivity contribution < 1.29 is 59.1 Å². The maximum atomic E-state index is 10.1. The zero-order chi connectivity index (χ0) is 6.85. The van der Waals surface area contributed by atoms with Crippen LogP contribution in [0.5, 0.6) is 0 Å². The maximum Gasteiger partial charge on any atom is 0.285 e. The van der Waals surface area contributed by atoms with Gasteiger partial charge in [0.05, 0.1) is 0 Å². The van der Waals surface area contributed by atoms with E-state index in [2.05, 4.69) is 5.32 Å². The van der Waals surface area contributed by atoms with Crippen LogP contribution in [-0.4, -0.2) is 34.9 Å². The molecular formula is C5H8AcNO3-. The zero-order valence-electron chi connectivity index (χ0n) is 5.40. The van der Waals surface area contributed by atoms with E-state index in [1.54, 1.807) is 0 Å². The quantitative estimate of drug-likeness (QED) is 0.670. The molecule has 0 aromatic heterocycles. The van der Waals surface area contributed by atoms with Crippen molar-refractivity contribution in [3.8, 4) is 0 Å². The maximum absolute atomic E-state index is 10.1. The number of aliphatic carboxylic acids is 1. The fourth-order valence-corrected chi connectivity index (χ4v) is 0.835. The third-order valence-electron chi connectivity index (χ3n) is 1.32. The van der Waals surface area contributed by atoms with Crippen LogP contribution >= 0.6 is 0 Å². The Morgan fingerprint density at radius 1 is 1.60 bits per heavy atom. The minimum absolute atomic E-state index is 0. The average Bonchev–Trinajstić information content (AvgIpc) is 2.14. The van der Waals surface area contributed by atoms with Crippen molar-refractivity contribution in [3.05, 3.63) is 5.32 Å². The van der Waals surface area contributed by atoms with Crippen LogP contribution in [0.1, 0.15) is 6.42 Å². The van der Waals surface area contributed by atoms with Crippen LogP contribution in [0.3, 0.4) is 0 Å². The van der Waals surface area contributed by atoms with Gasteiger partial charge in [-0.3, -0.25) is 4.79 Å². The number of carbonyl (C=O) groups is 1. The van der Waals surface area contributed by atoms with Gasteiger partial charge in [-0.25, -0.2) is 0 Å². The molecule has 0 aromatic rings. The third-order valence-corrected chi connectivity index (χ3v) is 1.32. The standard InChI is InChI=1S/C5H8NO3.Ac/c7-3-1-4(5(8)9)6-2-3;/h3-4,7H,1-2H2,(H,8,9);/q-1;/t3?,4-;/m0./s1. The summed E-state index contributed by atoms with van der Waals surface area (Å²) in [5, 5.41) is 20.8. The van der Waals surface area contributed by atoms with Gasteiger partial charge in [0, 0.05) is 50.2 Å². The number of aliphatic hydroxyl groups excluding tert-OH is 1. The van der Waals surface area contributed by atoms with Gasteiger partial charge in [-0.1, -0.05) is 0 Å².